The van der Waals surface area contributed by atoms with Crippen molar-refractivity contribution in [3.8, 4) is 47.7 Å². The van der Waals surface area contributed by atoms with Crippen LogP contribution >= 0.6 is 0 Å². The molecule has 0 N–H and O–H groups in total. The lowest BCUT2D eigenvalue weighted by Gasteiger charge is -2.13. The van der Waals surface area contributed by atoms with E-state index < -0.39 is 0 Å². The van der Waals surface area contributed by atoms with Crippen molar-refractivity contribution in [3.63, 3.8) is 0 Å². The lowest BCUT2D eigenvalue weighted by Crippen LogP contribution is -2.07. The number of rotatable bonds is 6. The van der Waals surface area contributed by atoms with Crippen molar-refractivity contribution in [2.24, 2.45) is 0 Å². The van der Waals surface area contributed by atoms with Crippen LogP contribution in [0.15, 0.2) is 36.4 Å². The van der Waals surface area contributed by atoms with Crippen molar-refractivity contribution < 1.29 is 18.9 Å². The zero-order valence-electron chi connectivity index (χ0n) is 13.0. The van der Waals surface area contributed by atoms with Crippen LogP contribution in [0.25, 0.3) is 0 Å². The van der Waals surface area contributed by atoms with E-state index in [-0.39, 0.29) is 6.79 Å². The van der Waals surface area contributed by atoms with Gasteiger partial charge in [-0.1, -0.05) is 11.8 Å². The van der Waals surface area contributed by atoms with E-state index in [0.717, 1.165) is 0 Å². The Balaban J connectivity index is 2.06. The van der Waals surface area contributed by atoms with Gasteiger partial charge in [-0.3, -0.25) is 0 Å². The van der Waals surface area contributed by atoms with Gasteiger partial charge >= 0.3 is 0 Å². The van der Waals surface area contributed by atoms with E-state index >= 15 is 0 Å². The number of hydrogen-bond donors (Lipinski definition) is 0. The summed E-state index contributed by atoms with van der Waals surface area (Å²) in [6, 6.07) is 10.4. The standard InChI is InChI=1S/C19H16O4/c1-5-14-7-9-16(18(11-14)20-3)22-13-23-17-10-8-15(6-2)12-19(17)21-4/h1-2,7-12H,13H2,3-4H3. The molecule has 116 valence electrons. The van der Waals surface area contributed by atoms with Gasteiger partial charge in [0.05, 0.1) is 14.2 Å². The molecule has 2 aromatic carbocycles. The molecule has 2 rings (SSSR count). The summed E-state index contributed by atoms with van der Waals surface area (Å²) in [7, 11) is 3.09. The van der Waals surface area contributed by atoms with E-state index in [1.165, 1.54) is 0 Å². The number of terminal acetylenes is 2. The molecule has 0 spiro atoms. The van der Waals surface area contributed by atoms with Crippen LogP contribution in [0.1, 0.15) is 11.1 Å². The minimum atomic E-state index is -0.0163. The van der Waals surface area contributed by atoms with Gasteiger partial charge in [-0.25, -0.2) is 0 Å². The largest absolute Gasteiger partial charge is 0.493 e. The van der Waals surface area contributed by atoms with Gasteiger partial charge in [0.2, 0.25) is 6.79 Å². The van der Waals surface area contributed by atoms with Gasteiger partial charge in [0.15, 0.2) is 23.0 Å². The monoisotopic (exact) mass is 308 g/mol. The van der Waals surface area contributed by atoms with E-state index in [4.69, 9.17) is 31.8 Å². The molecule has 0 heterocycles. The molecule has 0 saturated carbocycles. The number of ether oxygens (including phenoxy) is 4. The molecule has 0 aliphatic rings. The van der Waals surface area contributed by atoms with Gasteiger partial charge in [-0.2, -0.15) is 0 Å². The summed E-state index contributed by atoms with van der Waals surface area (Å²) in [6.45, 7) is -0.0163. The van der Waals surface area contributed by atoms with Crippen LogP contribution in [0.5, 0.6) is 23.0 Å². The molecule has 4 heteroatoms. The first-order chi connectivity index (χ1) is 11.2. The molecule has 2 aromatic rings. The summed E-state index contributed by atoms with van der Waals surface area (Å²) in [5.41, 5.74) is 1.42. The highest BCUT2D eigenvalue weighted by atomic mass is 16.7. The van der Waals surface area contributed by atoms with Crippen LogP contribution in [-0.4, -0.2) is 21.0 Å². The Morgan fingerprint density at radius 1 is 0.739 bits per heavy atom. The Bertz CT molecular complexity index is 700. The Morgan fingerprint density at radius 3 is 1.52 bits per heavy atom. The molecular formula is C19H16O4. The molecule has 4 nitrogen and oxygen atoms in total. The maximum absolute atomic E-state index is 5.58. The summed E-state index contributed by atoms with van der Waals surface area (Å²) in [5.74, 6) is 7.22. The van der Waals surface area contributed by atoms with Crippen molar-refractivity contribution in [2.45, 2.75) is 0 Å². The quantitative estimate of drug-likeness (QED) is 0.607. The first kappa shape index (κ1) is 16.1. The molecule has 0 aliphatic heterocycles. The third-order valence-corrected chi connectivity index (χ3v) is 3.09. The first-order valence-electron chi connectivity index (χ1n) is 6.76. The smallest absolute Gasteiger partial charge is 0.231 e. The molecule has 0 bridgehead atoms. The van der Waals surface area contributed by atoms with Gasteiger partial charge in [-0.15, -0.1) is 12.8 Å². The van der Waals surface area contributed by atoms with Crippen LogP contribution < -0.4 is 18.9 Å². The van der Waals surface area contributed by atoms with Gasteiger partial charge in [-0.05, 0) is 36.4 Å². The van der Waals surface area contributed by atoms with E-state index in [9.17, 15) is 0 Å². The van der Waals surface area contributed by atoms with E-state index in [1.54, 1.807) is 50.6 Å². The van der Waals surface area contributed by atoms with Crippen molar-refractivity contribution in [1.29, 1.82) is 0 Å². The molecule has 0 fully saturated rings. The SMILES string of the molecule is C#Cc1ccc(OCOc2ccc(C#C)cc2OC)c(OC)c1. The molecule has 0 radical (unpaired) electrons. The molecule has 0 saturated heterocycles. The number of methoxy groups -OCH3 is 2. The minimum Gasteiger partial charge on any atom is -0.493 e. The zero-order chi connectivity index (χ0) is 16.7. The summed E-state index contributed by atoms with van der Waals surface area (Å²) in [5, 5.41) is 0. The Hall–Kier alpha value is -3.24. The Kier molecular flexibility index (Phi) is 5.39. The second kappa shape index (κ2) is 7.68. The maximum atomic E-state index is 5.58. The van der Waals surface area contributed by atoms with Crippen molar-refractivity contribution in [3.05, 3.63) is 47.5 Å². The summed E-state index contributed by atoms with van der Waals surface area (Å²) < 4.78 is 21.6. The summed E-state index contributed by atoms with van der Waals surface area (Å²) in [6.07, 6.45) is 10.7. The minimum absolute atomic E-state index is 0.0163. The van der Waals surface area contributed by atoms with Crippen molar-refractivity contribution in [2.75, 3.05) is 21.0 Å². The lowest BCUT2D eigenvalue weighted by atomic mass is 10.2. The molecule has 0 aromatic heterocycles. The second-order valence-corrected chi connectivity index (χ2v) is 4.43. The Labute approximate surface area is 135 Å². The van der Waals surface area contributed by atoms with Crippen molar-refractivity contribution >= 4 is 0 Å². The predicted octanol–water partition coefficient (Wildman–Crippen LogP) is 3.08. The van der Waals surface area contributed by atoms with Crippen molar-refractivity contribution in [1.82, 2.24) is 0 Å². The highest BCUT2D eigenvalue weighted by Crippen LogP contribution is 2.30. The zero-order valence-corrected chi connectivity index (χ0v) is 13.0. The first-order valence-corrected chi connectivity index (χ1v) is 6.76. The highest BCUT2D eigenvalue weighted by molar-refractivity contribution is 5.48. The number of benzene rings is 2. The molecule has 0 unspecified atom stereocenters. The van der Waals surface area contributed by atoms with Gasteiger partial charge in [0, 0.05) is 11.1 Å². The Morgan fingerprint density at radius 2 is 1.17 bits per heavy atom. The van der Waals surface area contributed by atoms with Crippen LogP contribution in [0, 0.1) is 24.7 Å². The third-order valence-electron chi connectivity index (χ3n) is 3.09. The van der Waals surface area contributed by atoms with E-state index in [0.29, 0.717) is 34.1 Å². The maximum Gasteiger partial charge on any atom is 0.231 e. The number of hydrogen-bond acceptors (Lipinski definition) is 4. The molecular weight excluding hydrogens is 292 g/mol. The summed E-state index contributed by atoms with van der Waals surface area (Å²) in [4.78, 5) is 0. The van der Waals surface area contributed by atoms with Crippen LogP contribution in [0.3, 0.4) is 0 Å². The fourth-order valence-electron chi connectivity index (χ4n) is 1.91. The summed E-state index contributed by atoms with van der Waals surface area (Å²) >= 11 is 0. The lowest BCUT2D eigenvalue weighted by molar-refractivity contribution is 0.113. The van der Waals surface area contributed by atoms with E-state index in [1.807, 2.05) is 0 Å². The second-order valence-electron chi connectivity index (χ2n) is 4.43. The van der Waals surface area contributed by atoms with E-state index in [2.05, 4.69) is 11.8 Å². The fourth-order valence-corrected chi connectivity index (χ4v) is 1.91. The van der Waals surface area contributed by atoms with Crippen LogP contribution in [-0.2, 0) is 0 Å². The topological polar surface area (TPSA) is 36.9 Å². The van der Waals surface area contributed by atoms with Crippen LogP contribution in [0.4, 0.5) is 0 Å². The molecule has 0 atom stereocenters. The van der Waals surface area contributed by atoms with Gasteiger partial charge in [0.25, 0.3) is 0 Å². The van der Waals surface area contributed by atoms with Gasteiger partial charge < -0.3 is 18.9 Å². The molecule has 23 heavy (non-hydrogen) atoms. The van der Waals surface area contributed by atoms with Crippen LogP contribution in [0.2, 0.25) is 0 Å². The molecule has 0 amide bonds. The average Bonchev–Trinajstić information content (AvgIpc) is 2.61. The normalized spacial score (nSPS) is 9.39. The van der Waals surface area contributed by atoms with Gasteiger partial charge in [0.1, 0.15) is 0 Å². The third kappa shape index (κ3) is 3.90. The fraction of sp³-hybridized carbons (Fsp3) is 0.158. The molecule has 0 aliphatic carbocycles. The average molecular weight is 308 g/mol. The predicted molar refractivity (Wildman–Crippen MR) is 88.0 cm³/mol. The highest BCUT2D eigenvalue weighted by Gasteiger charge is 2.08.